The zero-order valence-corrected chi connectivity index (χ0v) is 18.5. The molecule has 0 radical (unpaired) electrons. The van der Waals surface area contributed by atoms with E-state index in [0.29, 0.717) is 9.23 Å². The van der Waals surface area contributed by atoms with Gasteiger partial charge in [-0.05, 0) is 35.9 Å². The number of hydrogen-bond donors (Lipinski definition) is 2. The molecule has 154 valence electrons. The minimum absolute atomic E-state index is 0.0435. The fourth-order valence-electron chi connectivity index (χ4n) is 2.65. The van der Waals surface area contributed by atoms with Crippen LogP contribution in [0.3, 0.4) is 0 Å². The molecule has 3 rings (SSSR count). The van der Waals surface area contributed by atoms with Crippen molar-refractivity contribution >= 4 is 73.8 Å². The molecule has 7 nitrogen and oxygen atoms in total. The summed E-state index contributed by atoms with van der Waals surface area (Å²) in [5.74, 6) is -2.72. The number of nitrogens with one attached hydrogen (secondary N) is 1. The van der Waals surface area contributed by atoms with Crippen molar-refractivity contribution in [2.75, 3.05) is 11.9 Å². The Morgan fingerprint density at radius 3 is 2.73 bits per heavy atom. The third kappa shape index (κ3) is 5.26. The van der Waals surface area contributed by atoms with Gasteiger partial charge in [-0.2, -0.15) is 0 Å². The number of halogens is 1. The smallest absolute Gasteiger partial charge is 0.335 e. The number of amides is 2. The average Bonchev–Trinajstić information content (AvgIpc) is 2.94. The van der Waals surface area contributed by atoms with Gasteiger partial charge in [-0.1, -0.05) is 63.9 Å². The van der Waals surface area contributed by atoms with Gasteiger partial charge >= 0.3 is 5.97 Å². The van der Waals surface area contributed by atoms with Crippen LogP contribution in [0.2, 0.25) is 0 Å². The van der Waals surface area contributed by atoms with Crippen molar-refractivity contribution in [2.45, 2.75) is 6.42 Å². The number of aromatic carboxylic acids is 1. The number of rotatable bonds is 6. The predicted octanol–water partition coefficient (Wildman–Crippen LogP) is 3.45. The van der Waals surface area contributed by atoms with Gasteiger partial charge in [0.1, 0.15) is 4.32 Å². The molecule has 1 aliphatic heterocycles. The second-order valence-electron chi connectivity index (χ2n) is 6.20. The summed E-state index contributed by atoms with van der Waals surface area (Å²) < 4.78 is 1.25. The number of carbonyl (C=O) groups excluding carboxylic acids is 2. The zero-order valence-electron chi connectivity index (χ0n) is 15.3. The van der Waals surface area contributed by atoms with E-state index in [4.69, 9.17) is 17.3 Å². The molecule has 0 aromatic heterocycles. The first-order chi connectivity index (χ1) is 14.2. The normalized spacial score (nSPS) is 15.0. The molecule has 0 unspecified atom stereocenters. The van der Waals surface area contributed by atoms with E-state index in [-0.39, 0.29) is 24.6 Å². The van der Waals surface area contributed by atoms with Gasteiger partial charge in [-0.15, -0.1) is 0 Å². The lowest BCUT2D eigenvalue weighted by Crippen LogP contribution is -2.31. The average molecular weight is 506 g/mol. The van der Waals surface area contributed by atoms with Crippen molar-refractivity contribution in [3.8, 4) is 5.75 Å². The molecule has 0 spiro atoms. The van der Waals surface area contributed by atoms with E-state index in [1.54, 1.807) is 6.08 Å². The molecule has 0 aliphatic carbocycles. The van der Waals surface area contributed by atoms with Crippen molar-refractivity contribution in [2.24, 2.45) is 0 Å². The maximum Gasteiger partial charge on any atom is 0.335 e. The molecule has 1 heterocycles. The van der Waals surface area contributed by atoms with Crippen molar-refractivity contribution in [1.29, 1.82) is 0 Å². The zero-order chi connectivity index (χ0) is 21.8. The van der Waals surface area contributed by atoms with Crippen molar-refractivity contribution in [3.63, 3.8) is 0 Å². The highest BCUT2D eigenvalue weighted by Gasteiger charge is 2.32. The molecule has 2 aromatic rings. The van der Waals surface area contributed by atoms with Crippen LogP contribution in [-0.2, 0) is 9.59 Å². The highest BCUT2D eigenvalue weighted by atomic mass is 79.9. The van der Waals surface area contributed by atoms with Crippen LogP contribution in [0.1, 0.15) is 22.3 Å². The molecule has 0 bridgehead atoms. The van der Waals surface area contributed by atoms with Gasteiger partial charge in [-0.3, -0.25) is 14.5 Å². The van der Waals surface area contributed by atoms with Gasteiger partial charge in [0.2, 0.25) is 5.91 Å². The van der Waals surface area contributed by atoms with Crippen LogP contribution < -0.4 is 10.4 Å². The van der Waals surface area contributed by atoms with Crippen LogP contribution in [0.5, 0.6) is 5.75 Å². The fourth-order valence-corrected chi connectivity index (χ4v) is 4.38. The molecule has 30 heavy (non-hydrogen) atoms. The Morgan fingerprint density at radius 2 is 2.03 bits per heavy atom. The number of anilines is 1. The van der Waals surface area contributed by atoms with E-state index in [0.717, 1.165) is 22.2 Å². The number of hydrogen-bond acceptors (Lipinski definition) is 6. The molecule has 1 saturated heterocycles. The number of carboxylic acid groups (broad SMARTS) is 1. The van der Waals surface area contributed by atoms with Gasteiger partial charge < -0.3 is 15.5 Å². The second-order valence-corrected chi connectivity index (χ2v) is 8.79. The first-order valence-corrected chi connectivity index (χ1v) is 10.6. The maximum atomic E-state index is 12.6. The van der Waals surface area contributed by atoms with E-state index < -0.39 is 23.2 Å². The largest absolute Gasteiger partial charge is 0.872 e. The molecule has 2 N–H and O–H groups in total. The second kappa shape index (κ2) is 9.41. The minimum Gasteiger partial charge on any atom is -0.872 e. The Hall–Kier alpha value is -2.69. The number of nitrogens with zero attached hydrogens (tertiary/aromatic N) is 1. The van der Waals surface area contributed by atoms with Crippen LogP contribution in [0.25, 0.3) is 6.08 Å². The topological polar surface area (TPSA) is 110 Å². The summed E-state index contributed by atoms with van der Waals surface area (Å²) in [5.41, 5.74) is 0.609. The Bertz CT molecular complexity index is 1090. The maximum absolute atomic E-state index is 12.6. The van der Waals surface area contributed by atoms with Crippen LogP contribution in [0, 0.1) is 0 Å². The lowest BCUT2D eigenvalue weighted by atomic mass is 10.1. The lowest BCUT2D eigenvalue weighted by Gasteiger charge is -2.15. The highest BCUT2D eigenvalue weighted by Crippen LogP contribution is 2.33. The molecule has 10 heteroatoms. The van der Waals surface area contributed by atoms with Crippen LogP contribution in [-0.4, -0.2) is 38.7 Å². The van der Waals surface area contributed by atoms with Gasteiger partial charge in [-0.25, -0.2) is 4.79 Å². The van der Waals surface area contributed by atoms with Gasteiger partial charge in [0.15, 0.2) is 0 Å². The molecule has 1 fully saturated rings. The summed E-state index contributed by atoms with van der Waals surface area (Å²) in [4.78, 5) is 37.7. The summed E-state index contributed by atoms with van der Waals surface area (Å²) in [6.45, 7) is 0.0811. The molecular weight excluding hydrogens is 492 g/mol. The fraction of sp³-hybridized carbons (Fsp3) is 0.100. The standard InChI is InChI=1S/C20H15BrN2O5S2/c21-12-3-1-2-11(8-12)9-16-18(26)23(20(29)30-16)7-6-17(25)22-13-4-5-15(24)14(10-13)19(27)28/h1-5,8-10,24H,6-7H2,(H,22,25)(H,27,28)/p-1/b16-9-. The summed E-state index contributed by atoms with van der Waals surface area (Å²) in [5, 5.41) is 23.0. The Morgan fingerprint density at radius 1 is 1.27 bits per heavy atom. The van der Waals surface area contributed by atoms with Crippen molar-refractivity contribution < 1.29 is 24.6 Å². The van der Waals surface area contributed by atoms with E-state index in [1.807, 2.05) is 24.3 Å². The van der Waals surface area contributed by atoms with Gasteiger partial charge in [0.05, 0.1) is 10.5 Å². The summed E-state index contributed by atoms with van der Waals surface area (Å²) >= 11 is 9.81. The van der Waals surface area contributed by atoms with E-state index in [9.17, 15) is 19.5 Å². The first kappa shape index (κ1) is 22.0. The van der Waals surface area contributed by atoms with Crippen LogP contribution >= 0.6 is 39.9 Å². The van der Waals surface area contributed by atoms with Gasteiger partial charge in [0, 0.05) is 23.1 Å². The third-order valence-electron chi connectivity index (χ3n) is 4.08. The SMILES string of the molecule is O=C(CCN1C(=O)/C(=C/c2cccc(Br)c2)SC1=S)Nc1ccc([O-])c(C(=O)O)c1. The molecule has 2 amide bonds. The highest BCUT2D eigenvalue weighted by molar-refractivity contribution is 9.10. The third-order valence-corrected chi connectivity index (χ3v) is 5.95. The lowest BCUT2D eigenvalue weighted by molar-refractivity contribution is -0.268. The van der Waals surface area contributed by atoms with Crippen molar-refractivity contribution in [3.05, 3.63) is 63.0 Å². The molecule has 0 atom stereocenters. The number of thiocarbonyl (C=S) groups is 1. The minimum atomic E-state index is -1.37. The first-order valence-electron chi connectivity index (χ1n) is 8.60. The van der Waals surface area contributed by atoms with Crippen LogP contribution in [0.4, 0.5) is 5.69 Å². The Labute approximate surface area is 189 Å². The Balaban J connectivity index is 1.62. The number of benzene rings is 2. The summed E-state index contributed by atoms with van der Waals surface area (Å²) in [6.07, 6.45) is 1.69. The van der Waals surface area contributed by atoms with Crippen LogP contribution in [0.15, 0.2) is 51.8 Å². The monoisotopic (exact) mass is 505 g/mol. The summed E-state index contributed by atoms with van der Waals surface area (Å²) in [6, 6.07) is 11.0. The molecule has 0 saturated carbocycles. The van der Waals surface area contributed by atoms with E-state index >= 15 is 0 Å². The number of thioether (sulfide) groups is 1. The molecular formula is C20H14BrN2O5S2-. The molecule has 2 aromatic carbocycles. The number of carbonyl (C=O) groups is 3. The quantitative estimate of drug-likeness (QED) is 0.456. The van der Waals surface area contributed by atoms with Crippen molar-refractivity contribution in [1.82, 2.24) is 4.90 Å². The molecule has 1 aliphatic rings. The Kier molecular flexibility index (Phi) is 6.91. The predicted molar refractivity (Wildman–Crippen MR) is 120 cm³/mol. The van der Waals surface area contributed by atoms with Gasteiger partial charge in [0.25, 0.3) is 5.91 Å². The van der Waals surface area contributed by atoms with E-state index in [1.165, 1.54) is 22.7 Å². The van der Waals surface area contributed by atoms with E-state index in [2.05, 4.69) is 21.2 Å². The number of carboxylic acids is 1. The summed E-state index contributed by atoms with van der Waals surface area (Å²) in [7, 11) is 0.